The third-order valence-corrected chi connectivity index (χ3v) is 5.54. The fraction of sp³-hybridized carbons (Fsp3) is 0.700. The Bertz CT molecular complexity index is 492. The number of hydrogen-bond acceptors (Lipinski definition) is 3. The number of fused-ring (bicyclic) bond motifs is 1. The molecule has 1 atom stereocenters. The lowest BCUT2D eigenvalue weighted by Crippen LogP contribution is -2.47. The van der Waals surface area contributed by atoms with Crippen molar-refractivity contribution >= 4 is 5.69 Å². The quantitative estimate of drug-likeness (QED) is 0.818. The molecule has 0 bridgehead atoms. The van der Waals surface area contributed by atoms with Crippen LogP contribution < -0.4 is 10.6 Å². The normalized spacial score (nSPS) is 22.2. The number of anilines is 1. The predicted octanol–water partition coefficient (Wildman–Crippen LogP) is 3.20. The highest BCUT2D eigenvalue weighted by Crippen LogP contribution is 2.30. The molecule has 3 rings (SSSR count). The lowest BCUT2D eigenvalue weighted by Gasteiger charge is -2.38. The summed E-state index contributed by atoms with van der Waals surface area (Å²) in [5, 5.41) is 0. The molecule has 1 aliphatic heterocycles. The summed E-state index contributed by atoms with van der Waals surface area (Å²) in [4.78, 5) is 5.24. The van der Waals surface area contributed by atoms with E-state index in [0.717, 1.165) is 19.3 Å². The van der Waals surface area contributed by atoms with E-state index in [-0.39, 0.29) is 0 Å². The van der Waals surface area contributed by atoms with E-state index in [4.69, 9.17) is 5.73 Å². The lowest BCUT2D eigenvalue weighted by molar-refractivity contribution is 0.252. The van der Waals surface area contributed by atoms with Gasteiger partial charge in [-0.25, -0.2) is 0 Å². The Hall–Kier alpha value is -1.06. The number of rotatable bonds is 6. The van der Waals surface area contributed by atoms with Crippen molar-refractivity contribution in [3.8, 4) is 0 Å². The molecule has 0 aromatic heterocycles. The minimum atomic E-state index is 0.350. The monoisotopic (exact) mass is 315 g/mol. The summed E-state index contributed by atoms with van der Waals surface area (Å²) in [5.74, 6) is 0. The summed E-state index contributed by atoms with van der Waals surface area (Å²) < 4.78 is 0. The topological polar surface area (TPSA) is 32.5 Å². The van der Waals surface area contributed by atoms with Gasteiger partial charge in [0.1, 0.15) is 0 Å². The van der Waals surface area contributed by atoms with Gasteiger partial charge in [-0.15, -0.1) is 0 Å². The largest absolute Gasteiger partial charge is 0.369 e. The number of unbranched alkanes of at least 4 members (excludes halogenated alkanes) is 3. The smallest absolute Gasteiger partial charge is 0.0403 e. The first-order valence-electron chi connectivity index (χ1n) is 9.61. The first kappa shape index (κ1) is 16.8. The van der Waals surface area contributed by atoms with Crippen molar-refractivity contribution in [1.29, 1.82) is 0 Å². The molecule has 23 heavy (non-hydrogen) atoms. The average Bonchev–Trinajstić information content (AvgIpc) is 2.59. The summed E-state index contributed by atoms with van der Waals surface area (Å²) in [6.07, 6.45) is 8.82. The van der Waals surface area contributed by atoms with Gasteiger partial charge in [0.15, 0.2) is 0 Å². The fourth-order valence-electron chi connectivity index (χ4n) is 4.07. The Morgan fingerprint density at radius 1 is 1.09 bits per heavy atom. The Balaban J connectivity index is 1.56. The highest BCUT2D eigenvalue weighted by molar-refractivity contribution is 5.58. The Kier molecular flexibility index (Phi) is 5.96. The summed E-state index contributed by atoms with van der Waals surface area (Å²) in [7, 11) is 0. The second-order valence-electron chi connectivity index (χ2n) is 7.31. The van der Waals surface area contributed by atoms with Crippen molar-refractivity contribution in [2.24, 2.45) is 5.73 Å². The third kappa shape index (κ3) is 4.27. The lowest BCUT2D eigenvalue weighted by atomic mass is 9.87. The van der Waals surface area contributed by atoms with Crippen LogP contribution in [0, 0.1) is 0 Å². The standard InChI is InChI=1S/C20H33N3/c1-2-3-4-5-11-22-12-14-23(15-13-22)20-8-6-7-17-9-10-18(21)16-19(17)20/h6-8,18H,2-5,9-16,21H2,1H3. The van der Waals surface area contributed by atoms with E-state index in [1.54, 1.807) is 0 Å². The van der Waals surface area contributed by atoms with Gasteiger partial charge >= 0.3 is 0 Å². The zero-order chi connectivity index (χ0) is 16.1. The maximum absolute atomic E-state index is 6.22. The minimum Gasteiger partial charge on any atom is -0.369 e. The first-order chi connectivity index (χ1) is 11.3. The summed E-state index contributed by atoms with van der Waals surface area (Å²) >= 11 is 0. The van der Waals surface area contributed by atoms with Gasteiger partial charge in [-0.05, 0) is 49.4 Å². The van der Waals surface area contributed by atoms with Crippen molar-refractivity contribution in [2.75, 3.05) is 37.6 Å². The van der Waals surface area contributed by atoms with E-state index in [9.17, 15) is 0 Å². The molecule has 2 aliphatic rings. The maximum Gasteiger partial charge on any atom is 0.0403 e. The molecule has 2 N–H and O–H groups in total. The Morgan fingerprint density at radius 2 is 1.91 bits per heavy atom. The van der Waals surface area contributed by atoms with Gasteiger partial charge in [-0.1, -0.05) is 38.3 Å². The number of aryl methyl sites for hydroxylation is 1. The number of piperazine rings is 1. The molecule has 3 heteroatoms. The average molecular weight is 316 g/mol. The minimum absolute atomic E-state index is 0.350. The van der Waals surface area contributed by atoms with E-state index in [2.05, 4.69) is 34.9 Å². The second kappa shape index (κ2) is 8.16. The number of nitrogens with two attached hydrogens (primary N) is 1. The van der Waals surface area contributed by atoms with Crippen molar-refractivity contribution in [2.45, 2.75) is 57.9 Å². The molecule has 1 fully saturated rings. The van der Waals surface area contributed by atoms with Crippen LogP contribution in [0.15, 0.2) is 18.2 Å². The first-order valence-corrected chi connectivity index (χ1v) is 9.61. The SMILES string of the molecule is CCCCCCN1CCN(c2cccc3c2CC(N)CC3)CC1. The molecule has 0 spiro atoms. The van der Waals surface area contributed by atoms with Crippen molar-refractivity contribution in [3.05, 3.63) is 29.3 Å². The number of benzene rings is 1. The van der Waals surface area contributed by atoms with Gasteiger partial charge in [0, 0.05) is 37.9 Å². The van der Waals surface area contributed by atoms with Gasteiger partial charge in [0.25, 0.3) is 0 Å². The molecule has 1 heterocycles. The molecule has 1 aromatic rings. The van der Waals surface area contributed by atoms with E-state index in [1.165, 1.54) is 75.2 Å². The van der Waals surface area contributed by atoms with Crippen LogP contribution in [0.2, 0.25) is 0 Å². The van der Waals surface area contributed by atoms with Crippen LogP contribution in [-0.4, -0.2) is 43.7 Å². The van der Waals surface area contributed by atoms with E-state index >= 15 is 0 Å². The van der Waals surface area contributed by atoms with Gasteiger partial charge in [0.05, 0.1) is 0 Å². The predicted molar refractivity (Wildman–Crippen MR) is 99.2 cm³/mol. The van der Waals surface area contributed by atoms with Crippen molar-refractivity contribution in [3.63, 3.8) is 0 Å². The zero-order valence-electron chi connectivity index (χ0n) is 14.8. The molecule has 128 valence electrons. The van der Waals surface area contributed by atoms with E-state index in [1.807, 2.05) is 0 Å². The third-order valence-electron chi connectivity index (χ3n) is 5.54. The van der Waals surface area contributed by atoms with Gasteiger partial charge < -0.3 is 10.6 Å². The molecule has 0 saturated carbocycles. The zero-order valence-corrected chi connectivity index (χ0v) is 14.8. The summed E-state index contributed by atoms with van der Waals surface area (Å²) in [5.41, 5.74) is 10.7. The second-order valence-corrected chi connectivity index (χ2v) is 7.31. The number of hydrogen-bond donors (Lipinski definition) is 1. The van der Waals surface area contributed by atoms with Crippen LogP contribution in [-0.2, 0) is 12.8 Å². The summed E-state index contributed by atoms with van der Waals surface area (Å²) in [6.45, 7) is 8.32. The molecular weight excluding hydrogens is 282 g/mol. The molecule has 0 radical (unpaired) electrons. The van der Waals surface area contributed by atoms with Crippen molar-refractivity contribution < 1.29 is 0 Å². The van der Waals surface area contributed by atoms with Crippen LogP contribution in [0.25, 0.3) is 0 Å². The summed E-state index contributed by atoms with van der Waals surface area (Å²) in [6, 6.07) is 7.20. The van der Waals surface area contributed by atoms with Crippen LogP contribution in [0.3, 0.4) is 0 Å². The van der Waals surface area contributed by atoms with Crippen molar-refractivity contribution in [1.82, 2.24) is 4.90 Å². The van der Waals surface area contributed by atoms with Crippen LogP contribution >= 0.6 is 0 Å². The van der Waals surface area contributed by atoms with E-state index < -0.39 is 0 Å². The highest BCUT2D eigenvalue weighted by Gasteiger charge is 2.23. The molecule has 1 aromatic carbocycles. The van der Waals surface area contributed by atoms with Gasteiger partial charge in [-0.2, -0.15) is 0 Å². The molecule has 1 saturated heterocycles. The van der Waals surface area contributed by atoms with Gasteiger partial charge in [-0.3, -0.25) is 4.90 Å². The molecule has 1 unspecified atom stereocenters. The maximum atomic E-state index is 6.22. The molecular formula is C20H33N3. The Labute approximate surface area is 141 Å². The van der Waals surface area contributed by atoms with Gasteiger partial charge in [0.2, 0.25) is 0 Å². The Morgan fingerprint density at radius 3 is 2.70 bits per heavy atom. The fourth-order valence-corrected chi connectivity index (χ4v) is 4.07. The highest BCUT2D eigenvalue weighted by atomic mass is 15.3. The molecule has 3 nitrogen and oxygen atoms in total. The van der Waals surface area contributed by atoms with Crippen LogP contribution in [0.5, 0.6) is 0 Å². The van der Waals surface area contributed by atoms with Crippen LogP contribution in [0.4, 0.5) is 5.69 Å². The number of nitrogens with zero attached hydrogens (tertiary/aromatic N) is 2. The van der Waals surface area contributed by atoms with E-state index in [0.29, 0.717) is 6.04 Å². The molecule has 1 aliphatic carbocycles. The molecule has 0 amide bonds. The van der Waals surface area contributed by atoms with Crippen LogP contribution in [0.1, 0.15) is 50.2 Å².